The smallest absolute Gasteiger partial charge is 0.434 e. The first-order valence-corrected chi connectivity index (χ1v) is 7.69. The molecule has 0 radical (unpaired) electrons. The van der Waals surface area contributed by atoms with Crippen molar-refractivity contribution < 1.29 is 19.1 Å². The average molecular weight is 306 g/mol. The quantitative estimate of drug-likeness (QED) is 0.684. The van der Waals surface area contributed by atoms with Gasteiger partial charge in [-0.2, -0.15) is 0 Å². The van der Waals surface area contributed by atoms with E-state index in [4.69, 9.17) is 9.47 Å². The Bertz CT molecular complexity index is 493. The second-order valence-electron chi connectivity index (χ2n) is 5.14. The van der Waals surface area contributed by atoms with Crippen LogP contribution in [0.15, 0.2) is 24.3 Å². The molecule has 1 aliphatic heterocycles. The zero-order valence-electron chi connectivity index (χ0n) is 12.8. The van der Waals surface area contributed by atoms with Gasteiger partial charge in [0.1, 0.15) is 5.75 Å². The SMILES string of the molecule is CCOC(=O)Oc1ccc(NC(=O)N2CCCCCC2)cc1. The molecule has 1 saturated heterocycles. The fourth-order valence-electron chi connectivity index (χ4n) is 2.33. The van der Waals surface area contributed by atoms with Crippen molar-refractivity contribution in [3.63, 3.8) is 0 Å². The summed E-state index contributed by atoms with van der Waals surface area (Å²) in [4.78, 5) is 25.2. The van der Waals surface area contributed by atoms with Gasteiger partial charge in [0.15, 0.2) is 0 Å². The van der Waals surface area contributed by atoms with E-state index in [1.165, 1.54) is 12.8 Å². The van der Waals surface area contributed by atoms with Gasteiger partial charge < -0.3 is 19.7 Å². The summed E-state index contributed by atoms with van der Waals surface area (Å²) in [6.07, 6.45) is 3.75. The lowest BCUT2D eigenvalue weighted by molar-refractivity contribution is 0.104. The molecule has 6 heteroatoms. The Morgan fingerprint density at radius 1 is 1.09 bits per heavy atom. The molecule has 0 unspecified atom stereocenters. The number of anilines is 1. The van der Waals surface area contributed by atoms with Crippen LogP contribution in [0.3, 0.4) is 0 Å². The van der Waals surface area contributed by atoms with Crippen LogP contribution in [-0.4, -0.2) is 36.8 Å². The summed E-state index contributed by atoms with van der Waals surface area (Å²) >= 11 is 0. The lowest BCUT2D eigenvalue weighted by Crippen LogP contribution is -2.35. The summed E-state index contributed by atoms with van der Waals surface area (Å²) in [6.45, 7) is 3.58. The molecular weight excluding hydrogens is 284 g/mol. The molecule has 0 aliphatic carbocycles. The van der Waals surface area contributed by atoms with Gasteiger partial charge in [0, 0.05) is 18.8 Å². The molecule has 22 heavy (non-hydrogen) atoms. The van der Waals surface area contributed by atoms with Crippen molar-refractivity contribution in [2.75, 3.05) is 25.0 Å². The molecule has 0 spiro atoms. The Balaban J connectivity index is 1.87. The van der Waals surface area contributed by atoms with Crippen molar-refractivity contribution >= 4 is 17.9 Å². The average Bonchev–Trinajstić information content (AvgIpc) is 2.78. The third-order valence-electron chi connectivity index (χ3n) is 3.46. The summed E-state index contributed by atoms with van der Waals surface area (Å²) < 4.78 is 9.66. The Labute approximate surface area is 130 Å². The summed E-state index contributed by atoms with van der Waals surface area (Å²) in [5.41, 5.74) is 0.672. The molecule has 1 N–H and O–H groups in total. The predicted octanol–water partition coefficient (Wildman–Crippen LogP) is 3.63. The van der Waals surface area contributed by atoms with Crippen LogP contribution in [-0.2, 0) is 4.74 Å². The van der Waals surface area contributed by atoms with Gasteiger partial charge in [-0.1, -0.05) is 12.8 Å². The zero-order valence-corrected chi connectivity index (χ0v) is 12.8. The molecule has 0 atom stereocenters. The van der Waals surface area contributed by atoms with Gasteiger partial charge in [-0.3, -0.25) is 0 Å². The summed E-state index contributed by atoms with van der Waals surface area (Å²) in [5, 5.41) is 2.86. The number of likely N-dealkylation sites (tertiary alicyclic amines) is 1. The maximum atomic E-state index is 12.2. The van der Waals surface area contributed by atoms with Crippen LogP contribution in [0.5, 0.6) is 5.75 Å². The van der Waals surface area contributed by atoms with Crippen molar-refractivity contribution in [1.82, 2.24) is 4.90 Å². The van der Waals surface area contributed by atoms with Crippen molar-refractivity contribution in [2.45, 2.75) is 32.6 Å². The van der Waals surface area contributed by atoms with Crippen LogP contribution in [0.25, 0.3) is 0 Å². The van der Waals surface area contributed by atoms with Crippen LogP contribution >= 0.6 is 0 Å². The first kappa shape index (κ1) is 16.1. The first-order valence-electron chi connectivity index (χ1n) is 7.69. The van der Waals surface area contributed by atoms with E-state index in [9.17, 15) is 9.59 Å². The minimum Gasteiger partial charge on any atom is -0.434 e. The number of hydrogen-bond acceptors (Lipinski definition) is 4. The highest BCUT2D eigenvalue weighted by molar-refractivity contribution is 5.89. The van der Waals surface area contributed by atoms with Gasteiger partial charge in [-0.25, -0.2) is 9.59 Å². The highest BCUT2D eigenvalue weighted by Crippen LogP contribution is 2.17. The molecule has 0 bridgehead atoms. The van der Waals surface area contributed by atoms with E-state index < -0.39 is 6.16 Å². The maximum absolute atomic E-state index is 12.2. The second-order valence-corrected chi connectivity index (χ2v) is 5.14. The fraction of sp³-hybridized carbons (Fsp3) is 0.500. The molecule has 120 valence electrons. The Hall–Kier alpha value is -2.24. The fourth-order valence-corrected chi connectivity index (χ4v) is 2.33. The monoisotopic (exact) mass is 306 g/mol. The van der Waals surface area contributed by atoms with Crippen LogP contribution < -0.4 is 10.1 Å². The number of ether oxygens (including phenoxy) is 2. The van der Waals surface area contributed by atoms with Gasteiger partial charge in [0.05, 0.1) is 6.61 Å². The van der Waals surface area contributed by atoms with Crippen molar-refractivity contribution in [1.29, 1.82) is 0 Å². The number of nitrogens with one attached hydrogen (secondary N) is 1. The van der Waals surface area contributed by atoms with E-state index in [1.54, 1.807) is 31.2 Å². The second kappa shape index (κ2) is 8.26. The molecule has 0 aromatic heterocycles. The van der Waals surface area contributed by atoms with E-state index in [0.717, 1.165) is 25.9 Å². The van der Waals surface area contributed by atoms with E-state index >= 15 is 0 Å². The van der Waals surface area contributed by atoms with Crippen molar-refractivity contribution in [2.24, 2.45) is 0 Å². The highest BCUT2D eigenvalue weighted by Gasteiger charge is 2.15. The van der Waals surface area contributed by atoms with Gasteiger partial charge in [-0.15, -0.1) is 0 Å². The number of benzene rings is 1. The third-order valence-corrected chi connectivity index (χ3v) is 3.46. The summed E-state index contributed by atoms with van der Waals surface area (Å²) in [6, 6.07) is 6.55. The van der Waals surface area contributed by atoms with Crippen LogP contribution in [0.1, 0.15) is 32.6 Å². The minimum atomic E-state index is -0.733. The Morgan fingerprint density at radius 2 is 1.73 bits per heavy atom. The molecular formula is C16H22N2O4. The number of rotatable bonds is 3. The number of nitrogens with zero attached hydrogens (tertiary/aromatic N) is 1. The molecule has 1 aliphatic rings. The normalized spacial score (nSPS) is 14.9. The number of hydrogen-bond donors (Lipinski definition) is 1. The Morgan fingerprint density at radius 3 is 2.32 bits per heavy atom. The molecule has 0 saturated carbocycles. The van der Waals surface area contributed by atoms with Gasteiger partial charge in [0.25, 0.3) is 0 Å². The summed E-state index contributed by atoms with van der Waals surface area (Å²) in [5.74, 6) is 0.381. The number of urea groups is 1. The molecule has 2 rings (SSSR count). The van der Waals surface area contributed by atoms with Crippen LogP contribution in [0, 0.1) is 0 Å². The van der Waals surface area contributed by atoms with Gasteiger partial charge in [-0.05, 0) is 44.0 Å². The number of carbonyl (C=O) groups is 2. The molecule has 2 amide bonds. The van der Waals surface area contributed by atoms with E-state index in [0.29, 0.717) is 11.4 Å². The molecule has 1 heterocycles. The van der Waals surface area contributed by atoms with Crippen LogP contribution in [0.4, 0.5) is 15.3 Å². The van der Waals surface area contributed by atoms with E-state index in [1.807, 2.05) is 4.90 Å². The number of amides is 2. The highest BCUT2D eigenvalue weighted by atomic mass is 16.7. The maximum Gasteiger partial charge on any atom is 0.513 e. The van der Waals surface area contributed by atoms with Gasteiger partial charge >= 0.3 is 12.2 Å². The van der Waals surface area contributed by atoms with Crippen molar-refractivity contribution in [3.8, 4) is 5.75 Å². The third kappa shape index (κ3) is 4.95. The molecule has 1 aromatic carbocycles. The number of carbonyl (C=O) groups excluding carboxylic acids is 2. The zero-order chi connectivity index (χ0) is 15.8. The molecule has 1 fully saturated rings. The van der Waals surface area contributed by atoms with E-state index in [-0.39, 0.29) is 12.6 Å². The van der Waals surface area contributed by atoms with E-state index in [2.05, 4.69) is 5.32 Å². The Kier molecular flexibility index (Phi) is 6.06. The molecule has 1 aromatic rings. The van der Waals surface area contributed by atoms with Crippen molar-refractivity contribution in [3.05, 3.63) is 24.3 Å². The largest absolute Gasteiger partial charge is 0.513 e. The van der Waals surface area contributed by atoms with Gasteiger partial charge in [0.2, 0.25) is 0 Å². The van der Waals surface area contributed by atoms with Crippen LogP contribution in [0.2, 0.25) is 0 Å². The molecule has 6 nitrogen and oxygen atoms in total. The lowest BCUT2D eigenvalue weighted by atomic mass is 10.2. The standard InChI is InChI=1S/C16H22N2O4/c1-2-21-16(20)22-14-9-7-13(8-10-14)17-15(19)18-11-5-3-4-6-12-18/h7-10H,2-6,11-12H2,1H3,(H,17,19). The predicted molar refractivity (Wildman–Crippen MR) is 83.2 cm³/mol. The minimum absolute atomic E-state index is 0.0824. The lowest BCUT2D eigenvalue weighted by Gasteiger charge is -2.20. The first-order chi connectivity index (χ1) is 10.7. The topological polar surface area (TPSA) is 67.9 Å². The summed E-state index contributed by atoms with van der Waals surface area (Å²) in [7, 11) is 0.